The molecule has 3 heteroatoms. The van der Waals surface area contributed by atoms with Crippen LogP contribution in [0.1, 0.15) is 52.9 Å². The van der Waals surface area contributed by atoms with Crippen molar-refractivity contribution in [3.63, 3.8) is 0 Å². The zero-order valence-corrected chi connectivity index (χ0v) is 13.2. The standard InChI is InChI=1S/C16H33NO2/c1-4-9-17-14-16(7-12-19-13-8-16)6-11-18-10-5-15(2)3/h15,17H,4-14H2,1-3H3. The Hall–Kier alpha value is -0.120. The molecule has 1 aliphatic heterocycles. The van der Waals surface area contributed by atoms with Gasteiger partial charge in [-0.15, -0.1) is 0 Å². The lowest BCUT2D eigenvalue weighted by Gasteiger charge is -2.37. The van der Waals surface area contributed by atoms with Crippen molar-refractivity contribution < 1.29 is 9.47 Å². The fourth-order valence-electron chi connectivity index (χ4n) is 2.56. The van der Waals surface area contributed by atoms with Crippen molar-refractivity contribution in [3.05, 3.63) is 0 Å². The van der Waals surface area contributed by atoms with E-state index in [2.05, 4.69) is 26.1 Å². The minimum Gasteiger partial charge on any atom is -0.381 e. The Balaban J connectivity index is 2.24. The fourth-order valence-corrected chi connectivity index (χ4v) is 2.56. The van der Waals surface area contributed by atoms with Gasteiger partial charge in [-0.05, 0) is 50.0 Å². The van der Waals surface area contributed by atoms with Gasteiger partial charge in [-0.25, -0.2) is 0 Å². The first kappa shape index (κ1) is 16.9. The molecule has 1 fully saturated rings. The molecule has 0 aromatic heterocycles. The Morgan fingerprint density at radius 3 is 2.58 bits per heavy atom. The molecule has 3 nitrogen and oxygen atoms in total. The highest BCUT2D eigenvalue weighted by atomic mass is 16.5. The zero-order chi connectivity index (χ0) is 14.0. The molecular weight excluding hydrogens is 238 g/mol. The summed E-state index contributed by atoms with van der Waals surface area (Å²) < 4.78 is 11.3. The minimum atomic E-state index is 0.408. The molecule has 0 atom stereocenters. The third kappa shape index (κ3) is 7.28. The molecule has 0 aliphatic carbocycles. The van der Waals surface area contributed by atoms with Gasteiger partial charge in [0.15, 0.2) is 0 Å². The zero-order valence-electron chi connectivity index (χ0n) is 13.2. The first-order chi connectivity index (χ1) is 9.18. The molecule has 1 N–H and O–H groups in total. The van der Waals surface area contributed by atoms with Crippen LogP contribution in [-0.2, 0) is 9.47 Å². The lowest BCUT2D eigenvalue weighted by atomic mass is 9.77. The summed E-state index contributed by atoms with van der Waals surface area (Å²) in [4.78, 5) is 0. The Morgan fingerprint density at radius 2 is 1.95 bits per heavy atom. The van der Waals surface area contributed by atoms with Gasteiger partial charge in [0, 0.05) is 33.0 Å². The molecule has 0 spiro atoms. The van der Waals surface area contributed by atoms with Crippen LogP contribution in [0.2, 0.25) is 0 Å². The lowest BCUT2D eigenvalue weighted by molar-refractivity contribution is -0.00688. The number of hydrogen-bond donors (Lipinski definition) is 1. The lowest BCUT2D eigenvalue weighted by Crippen LogP contribution is -2.40. The van der Waals surface area contributed by atoms with Crippen LogP contribution in [0, 0.1) is 11.3 Å². The molecule has 1 rings (SSSR count). The Morgan fingerprint density at radius 1 is 1.21 bits per heavy atom. The summed E-state index contributed by atoms with van der Waals surface area (Å²) in [6.45, 7) is 12.6. The van der Waals surface area contributed by atoms with Gasteiger partial charge in [0.2, 0.25) is 0 Å². The van der Waals surface area contributed by atoms with E-state index >= 15 is 0 Å². The van der Waals surface area contributed by atoms with E-state index in [-0.39, 0.29) is 0 Å². The summed E-state index contributed by atoms with van der Waals surface area (Å²) in [6.07, 6.45) is 5.90. The predicted molar refractivity (Wildman–Crippen MR) is 80.5 cm³/mol. The van der Waals surface area contributed by atoms with E-state index in [1.807, 2.05) is 0 Å². The SMILES string of the molecule is CCCNCC1(CCOCCC(C)C)CCOCC1. The third-order valence-corrected chi connectivity index (χ3v) is 4.10. The smallest absolute Gasteiger partial charge is 0.0471 e. The molecule has 114 valence electrons. The molecule has 19 heavy (non-hydrogen) atoms. The first-order valence-electron chi connectivity index (χ1n) is 8.05. The second kappa shape index (κ2) is 9.73. The third-order valence-electron chi connectivity index (χ3n) is 4.10. The summed E-state index contributed by atoms with van der Waals surface area (Å²) >= 11 is 0. The first-order valence-corrected chi connectivity index (χ1v) is 8.05. The maximum atomic E-state index is 5.81. The van der Waals surface area contributed by atoms with E-state index < -0.39 is 0 Å². The molecular formula is C16H33NO2. The molecule has 1 saturated heterocycles. The van der Waals surface area contributed by atoms with Gasteiger partial charge in [-0.3, -0.25) is 0 Å². The van der Waals surface area contributed by atoms with E-state index in [1.165, 1.54) is 32.1 Å². The van der Waals surface area contributed by atoms with Crippen LogP contribution in [-0.4, -0.2) is 39.5 Å². The van der Waals surface area contributed by atoms with Gasteiger partial charge in [0.05, 0.1) is 0 Å². The Kier molecular flexibility index (Phi) is 8.67. The Bertz CT molecular complexity index is 213. The van der Waals surface area contributed by atoms with Crippen molar-refractivity contribution in [2.75, 3.05) is 39.5 Å². The topological polar surface area (TPSA) is 30.5 Å². The molecule has 1 aliphatic rings. The highest BCUT2D eigenvalue weighted by Gasteiger charge is 2.31. The van der Waals surface area contributed by atoms with Crippen LogP contribution >= 0.6 is 0 Å². The van der Waals surface area contributed by atoms with Crippen LogP contribution < -0.4 is 5.32 Å². The summed E-state index contributed by atoms with van der Waals surface area (Å²) in [5.74, 6) is 0.739. The van der Waals surface area contributed by atoms with Gasteiger partial charge in [-0.1, -0.05) is 20.8 Å². The highest BCUT2D eigenvalue weighted by molar-refractivity contribution is 4.84. The quantitative estimate of drug-likeness (QED) is 0.619. The number of rotatable bonds is 10. The second-order valence-corrected chi connectivity index (χ2v) is 6.33. The predicted octanol–water partition coefficient (Wildman–Crippen LogP) is 3.24. The van der Waals surface area contributed by atoms with Crippen molar-refractivity contribution in [3.8, 4) is 0 Å². The van der Waals surface area contributed by atoms with Crippen LogP contribution in [0.15, 0.2) is 0 Å². The number of hydrogen-bond acceptors (Lipinski definition) is 3. The summed E-state index contributed by atoms with van der Waals surface area (Å²) in [6, 6.07) is 0. The van der Waals surface area contributed by atoms with Crippen LogP contribution in [0.25, 0.3) is 0 Å². The molecule has 0 aromatic carbocycles. The van der Waals surface area contributed by atoms with Gasteiger partial charge in [-0.2, -0.15) is 0 Å². The summed E-state index contributed by atoms with van der Waals surface area (Å²) in [5.41, 5.74) is 0.408. The monoisotopic (exact) mass is 271 g/mol. The molecule has 1 heterocycles. The van der Waals surface area contributed by atoms with E-state index in [0.717, 1.165) is 45.4 Å². The average Bonchev–Trinajstić information content (AvgIpc) is 2.39. The minimum absolute atomic E-state index is 0.408. The van der Waals surface area contributed by atoms with Crippen LogP contribution in [0.5, 0.6) is 0 Å². The largest absolute Gasteiger partial charge is 0.381 e. The van der Waals surface area contributed by atoms with Gasteiger partial charge >= 0.3 is 0 Å². The number of nitrogens with one attached hydrogen (secondary N) is 1. The summed E-state index contributed by atoms with van der Waals surface area (Å²) in [5, 5.41) is 3.59. The molecule has 0 bridgehead atoms. The summed E-state index contributed by atoms with van der Waals surface area (Å²) in [7, 11) is 0. The van der Waals surface area contributed by atoms with Crippen LogP contribution in [0.3, 0.4) is 0 Å². The molecule has 0 aromatic rings. The van der Waals surface area contributed by atoms with E-state index in [0.29, 0.717) is 5.41 Å². The fraction of sp³-hybridized carbons (Fsp3) is 1.00. The maximum Gasteiger partial charge on any atom is 0.0471 e. The number of ether oxygens (including phenoxy) is 2. The van der Waals surface area contributed by atoms with Crippen molar-refractivity contribution >= 4 is 0 Å². The van der Waals surface area contributed by atoms with Crippen molar-refractivity contribution in [2.45, 2.75) is 52.9 Å². The Labute approximate surface area is 119 Å². The van der Waals surface area contributed by atoms with E-state index in [4.69, 9.17) is 9.47 Å². The van der Waals surface area contributed by atoms with Crippen molar-refractivity contribution in [1.29, 1.82) is 0 Å². The van der Waals surface area contributed by atoms with Gasteiger partial charge in [0.1, 0.15) is 0 Å². The van der Waals surface area contributed by atoms with Crippen LogP contribution in [0.4, 0.5) is 0 Å². The normalized spacial score (nSPS) is 18.9. The molecule has 0 saturated carbocycles. The van der Waals surface area contributed by atoms with E-state index in [9.17, 15) is 0 Å². The van der Waals surface area contributed by atoms with Gasteiger partial charge < -0.3 is 14.8 Å². The second-order valence-electron chi connectivity index (χ2n) is 6.33. The molecule has 0 amide bonds. The molecule has 0 unspecified atom stereocenters. The average molecular weight is 271 g/mol. The maximum absolute atomic E-state index is 5.81. The van der Waals surface area contributed by atoms with Gasteiger partial charge in [0.25, 0.3) is 0 Å². The highest BCUT2D eigenvalue weighted by Crippen LogP contribution is 2.33. The molecule has 0 radical (unpaired) electrons. The van der Waals surface area contributed by atoms with Crippen molar-refractivity contribution in [2.24, 2.45) is 11.3 Å². The van der Waals surface area contributed by atoms with Crippen molar-refractivity contribution in [1.82, 2.24) is 5.32 Å². The van der Waals surface area contributed by atoms with E-state index in [1.54, 1.807) is 0 Å².